The summed E-state index contributed by atoms with van der Waals surface area (Å²) in [6.45, 7) is 4.99. The lowest BCUT2D eigenvalue weighted by molar-refractivity contribution is -0.999. The fraction of sp³-hybridized carbons (Fsp3) is 0.605. The number of esters is 3. The number of hydrogen-bond acceptors (Lipinski definition) is 6. The van der Waals surface area contributed by atoms with Crippen molar-refractivity contribution in [2.24, 2.45) is 0 Å². The second-order valence-electron chi connectivity index (χ2n) is 13.2. The molecule has 8 heteroatoms. The average molecular weight is 748 g/mol. The molecule has 2 aromatic carbocycles. The number of hydrogen-bond donors (Lipinski definition) is 0. The van der Waals surface area contributed by atoms with E-state index in [0.717, 1.165) is 41.5 Å². The molecule has 7 nitrogen and oxygen atoms in total. The number of ether oxygens (including phenoxy) is 3. The summed E-state index contributed by atoms with van der Waals surface area (Å²) in [6.07, 6.45) is 15.6. The lowest BCUT2D eigenvalue weighted by Gasteiger charge is -2.52. The van der Waals surface area contributed by atoms with Crippen LogP contribution < -0.4 is 24.0 Å². The highest BCUT2D eigenvalue weighted by Crippen LogP contribution is 2.53. The maximum absolute atomic E-state index is 13.0. The van der Waals surface area contributed by atoms with Crippen LogP contribution in [-0.2, 0) is 35.0 Å². The van der Waals surface area contributed by atoms with Crippen LogP contribution in [0.3, 0.4) is 0 Å². The monoisotopic (exact) mass is 747 g/mol. The van der Waals surface area contributed by atoms with Crippen LogP contribution in [-0.4, -0.2) is 42.4 Å². The molecule has 0 radical (unpaired) electrons. The molecule has 0 fully saturated rings. The predicted octanol–water partition coefficient (Wildman–Crippen LogP) is 5.89. The minimum Gasteiger partial charge on any atom is -1.00 e. The second-order valence-corrected chi connectivity index (χ2v) is 13.2. The zero-order valence-corrected chi connectivity index (χ0v) is 30.5. The molecule has 46 heavy (non-hydrogen) atoms. The Kier molecular flexibility index (Phi) is 15.5. The molecular weight excluding hydrogens is 693 g/mol. The number of carbonyl (C=O) groups is 3. The summed E-state index contributed by atoms with van der Waals surface area (Å²) in [5, 5.41) is 0. The van der Waals surface area contributed by atoms with E-state index in [2.05, 4.69) is 25.1 Å². The minimum atomic E-state index is -0.867. The quantitative estimate of drug-likeness (QED) is 0.0623. The van der Waals surface area contributed by atoms with Crippen molar-refractivity contribution >= 4 is 17.9 Å². The molecule has 254 valence electrons. The molecule has 0 amide bonds. The first-order valence-electron chi connectivity index (χ1n) is 17.3. The van der Waals surface area contributed by atoms with Crippen LogP contribution in [0.5, 0.6) is 0 Å². The topological polar surface area (TPSA) is 78.9 Å². The van der Waals surface area contributed by atoms with Crippen LogP contribution >= 0.6 is 0 Å². The first kappa shape index (κ1) is 38.0. The predicted molar refractivity (Wildman–Crippen MR) is 176 cm³/mol. The van der Waals surface area contributed by atoms with E-state index in [-0.39, 0.29) is 47.2 Å². The summed E-state index contributed by atoms with van der Waals surface area (Å²) >= 11 is 0. The van der Waals surface area contributed by atoms with Crippen LogP contribution in [0.4, 0.5) is 0 Å². The van der Waals surface area contributed by atoms with E-state index in [4.69, 9.17) is 14.2 Å². The van der Waals surface area contributed by atoms with Gasteiger partial charge in [-0.2, -0.15) is 0 Å². The molecule has 4 atom stereocenters. The Hall–Kier alpha value is -2.46. The number of unbranched alkanes of at least 4 members (excludes halogenated alkanes) is 12. The maximum atomic E-state index is 13.0. The van der Waals surface area contributed by atoms with Gasteiger partial charge in [-0.3, -0.25) is 14.4 Å². The molecule has 1 aliphatic carbocycles. The number of halogens is 1. The Morgan fingerprint density at radius 3 is 1.91 bits per heavy atom. The van der Waals surface area contributed by atoms with Crippen molar-refractivity contribution in [1.29, 1.82) is 0 Å². The van der Waals surface area contributed by atoms with E-state index in [1.54, 1.807) is 0 Å². The summed E-state index contributed by atoms with van der Waals surface area (Å²) < 4.78 is 17.9. The number of nitrogens with zero attached hydrogens (tertiary/aromatic N) is 1. The summed E-state index contributed by atoms with van der Waals surface area (Å²) in [6, 6.07) is 14.1. The smallest absolute Gasteiger partial charge is 0.310 e. The zero-order valence-electron chi connectivity index (χ0n) is 28.4. The number of fused-ring (bicyclic) bond motifs is 2. The highest BCUT2D eigenvalue weighted by atomic mass is 127. The minimum absolute atomic E-state index is 0. The molecular formula is C38H54INO6. The molecule has 0 saturated heterocycles. The van der Waals surface area contributed by atoms with Gasteiger partial charge in [0.1, 0.15) is 6.04 Å². The average Bonchev–Trinajstić information content (AvgIpc) is 3.02. The maximum Gasteiger partial charge on any atom is 0.310 e. The highest BCUT2D eigenvalue weighted by molar-refractivity contribution is 5.76. The molecule has 0 saturated carbocycles. The molecule has 4 unspecified atom stereocenters. The summed E-state index contributed by atoms with van der Waals surface area (Å²) in [5.74, 6) is -1.19. The SMILES string of the molecule is CCCCCCCCCCCCCCCC(=O)OC[N+]1(C)C2Cc3ccccc3-c3cccc(c32)C(OC(C)=O)C1OC(C)=O.[I-]. The van der Waals surface area contributed by atoms with Crippen LogP contribution in [0, 0.1) is 0 Å². The van der Waals surface area contributed by atoms with Gasteiger partial charge in [-0.15, -0.1) is 0 Å². The Morgan fingerprint density at radius 1 is 0.739 bits per heavy atom. The highest BCUT2D eigenvalue weighted by Gasteiger charge is 2.57. The summed E-state index contributed by atoms with van der Waals surface area (Å²) in [7, 11) is 1.95. The standard InChI is InChI=1S/C38H54NO6.HI/c1-5-6-7-8-9-10-11-12-13-14-15-16-17-25-35(42)43-27-39(4)34-26-30-21-18-19-22-31(30)32-23-20-24-33(36(32)34)37(44-28(2)40)38(39)45-29(3)41;/h18-24,34,37-38H,5-17,25-27H2,1-4H3;1H/q+1;/p-1. The molecule has 2 aliphatic rings. The van der Waals surface area contributed by atoms with Gasteiger partial charge in [-0.05, 0) is 23.1 Å². The number of carbonyl (C=O) groups excluding carboxylic acids is 3. The summed E-state index contributed by atoms with van der Waals surface area (Å²) in [5.41, 5.74) is 5.29. The van der Waals surface area contributed by atoms with Crippen LogP contribution in [0.15, 0.2) is 42.5 Å². The van der Waals surface area contributed by atoms with Gasteiger partial charge in [0.2, 0.25) is 12.8 Å². The van der Waals surface area contributed by atoms with Crippen molar-refractivity contribution in [3.8, 4) is 11.1 Å². The van der Waals surface area contributed by atoms with E-state index < -0.39 is 24.3 Å². The van der Waals surface area contributed by atoms with E-state index in [0.29, 0.717) is 12.8 Å². The largest absolute Gasteiger partial charge is 1.00 e. The first-order chi connectivity index (χ1) is 21.8. The Morgan fingerprint density at radius 2 is 1.30 bits per heavy atom. The van der Waals surface area contributed by atoms with E-state index in [1.807, 2.05) is 31.3 Å². The van der Waals surface area contributed by atoms with Gasteiger partial charge in [0.15, 0.2) is 0 Å². The molecule has 1 aliphatic heterocycles. The molecule has 2 aromatic rings. The fourth-order valence-electron chi connectivity index (χ4n) is 7.24. The third kappa shape index (κ3) is 9.78. The molecule has 0 aromatic heterocycles. The first-order valence-corrected chi connectivity index (χ1v) is 17.3. The molecule has 0 N–H and O–H groups in total. The number of benzene rings is 2. The third-order valence-corrected chi connectivity index (χ3v) is 9.62. The van der Waals surface area contributed by atoms with E-state index in [9.17, 15) is 14.4 Å². The van der Waals surface area contributed by atoms with Crippen LogP contribution in [0.2, 0.25) is 0 Å². The Balaban J connectivity index is 0.00000576. The fourth-order valence-corrected chi connectivity index (χ4v) is 7.24. The van der Waals surface area contributed by atoms with Gasteiger partial charge in [0.05, 0.1) is 7.05 Å². The van der Waals surface area contributed by atoms with E-state index >= 15 is 0 Å². The van der Waals surface area contributed by atoms with Gasteiger partial charge in [0.25, 0.3) is 6.23 Å². The van der Waals surface area contributed by atoms with Gasteiger partial charge in [0, 0.05) is 37.8 Å². The van der Waals surface area contributed by atoms with Crippen molar-refractivity contribution in [3.63, 3.8) is 0 Å². The molecule has 1 heterocycles. The second kappa shape index (κ2) is 18.8. The Labute approximate surface area is 293 Å². The van der Waals surface area contributed by atoms with Gasteiger partial charge >= 0.3 is 17.9 Å². The molecule has 0 spiro atoms. The normalized spacial score (nSPS) is 20.9. The number of rotatable bonds is 18. The Bertz CT molecular complexity index is 1300. The number of likely N-dealkylation sites (N-methyl/N-ethyl adjacent to an activating group) is 1. The lowest BCUT2D eigenvalue weighted by Crippen LogP contribution is -3.00. The van der Waals surface area contributed by atoms with Crippen molar-refractivity contribution < 1.29 is 57.1 Å². The lowest BCUT2D eigenvalue weighted by atomic mass is 9.75. The van der Waals surface area contributed by atoms with Gasteiger partial charge < -0.3 is 38.2 Å². The zero-order chi connectivity index (χ0) is 32.2. The van der Waals surface area contributed by atoms with Crippen molar-refractivity contribution in [3.05, 3.63) is 59.2 Å². The van der Waals surface area contributed by atoms with Gasteiger partial charge in [-0.1, -0.05) is 126 Å². The van der Waals surface area contributed by atoms with Crippen LogP contribution in [0.1, 0.15) is 139 Å². The number of quaternary nitrogens is 1. The van der Waals surface area contributed by atoms with Gasteiger partial charge in [-0.25, -0.2) is 4.48 Å². The van der Waals surface area contributed by atoms with E-state index in [1.165, 1.54) is 83.6 Å². The molecule has 4 rings (SSSR count). The summed E-state index contributed by atoms with van der Waals surface area (Å²) in [4.78, 5) is 37.8. The third-order valence-electron chi connectivity index (χ3n) is 9.62. The van der Waals surface area contributed by atoms with Crippen molar-refractivity contribution in [2.75, 3.05) is 13.8 Å². The van der Waals surface area contributed by atoms with Crippen molar-refractivity contribution in [1.82, 2.24) is 0 Å². The van der Waals surface area contributed by atoms with Crippen molar-refractivity contribution in [2.45, 2.75) is 135 Å². The van der Waals surface area contributed by atoms with Crippen LogP contribution in [0.25, 0.3) is 11.1 Å². The molecule has 0 bridgehead atoms.